The Hall–Kier alpha value is -4.88. The van der Waals surface area contributed by atoms with E-state index >= 15 is 0 Å². The van der Waals surface area contributed by atoms with Crippen LogP contribution in [0.2, 0.25) is 0 Å². The molecule has 0 N–H and O–H groups in total. The quantitative estimate of drug-likeness (QED) is 0.138. The van der Waals surface area contributed by atoms with Crippen molar-refractivity contribution in [1.82, 2.24) is 9.97 Å². The number of aryl methyl sites for hydroxylation is 1. The molecule has 0 fully saturated rings. The molecule has 2 heterocycles. The summed E-state index contributed by atoms with van der Waals surface area (Å²) in [6, 6.07) is 45.2. The van der Waals surface area contributed by atoms with Crippen LogP contribution in [-0.2, 0) is 0 Å². The first-order chi connectivity index (χ1) is 26.0. The van der Waals surface area contributed by atoms with E-state index in [0.29, 0.717) is 19.9 Å². The van der Waals surface area contributed by atoms with Crippen molar-refractivity contribution in [3.8, 4) is 0 Å². The molecule has 270 valence electrons. The molecule has 0 aliphatic rings. The van der Waals surface area contributed by atoms with Gasteiger partial charge in [-0.1, -0.05) is 83.1 Å². The van der Waals surface area contributed by atoms with Crippen molar-refractivity contribution < 1.29 is 0 Å². The third-order valence-corrected chi connectivity index (χ3v) is 17.3. The van der Waals surface area contributed by atoms with E-state index in [-0.39, 0.29) is 0 Å². The smallest absolute Gasteiger partial charge is 0.123 e. The van der Waals surface area contributed by atoms with Crippen LogP contribution in [-0.4, -0.2) is 42.0 Å². The maximum absolute atomic E-state index is 4.88. The van der Waals surface area contributed by atoms with Gasteiger partial charge in [0, 0.05) is 48.6 Å². The minimum absolute atomic E-state index is 0.347. The summed E-state index contributed by atoms with van der Waals surface area (Å²) in [5.74, 6) is 0. The van der Waals surface area contributed by atoms with Gasteiger partial charge < -0.3 is 9.80 Å². The molecule has 54 heavy (non-hydrogen) atoms. The van der Waals surface area contributed by atoms with Gasteiger partial charge in [-0.15, -0.1) is 0 Å². The molecule has 4 nitrogen and oxygen atoms in total. The van der Waals surface area contributed by atoms with Crippen LogP contribution in [0.15, 0.2) is 134 Å². The molecule has 2 unspecified atom stereocenters. The van der Waals surface area contributed by atoms with Gasteiger partial charge in [-0.25, -0.2) is 0 Å². The predicted molar refractivity (Wildman–Crippen MR) is 243 cm³/mol. The molecule has 0 amide bonds. The highest BCUT2D eigenvalue weighted by Gasteiger charge is 2.46. The van der Waals surface area contributed by atoms with E-state index in [9.17, 15) is 0 Å². The van der Waals surface area contributed by atoms with E-state index < -0.39 is 7.26 Å². The topological polar surface area (TPSA) is 32.3 Å². The molecule has 0 aliphatic heterocycles. The first-order valence-corrected chi connectivity index (χ1v) is 22.3. The summed E-state index contributed by atoms with van der Waals surface area (Å²) in [7, 11) is 3.05. The minimum atomic E-state index is -2.16. The second kappa shape index (κ2) is 14.4. The summed E-state index contributed by atoms with van der Waals surface area (Å²) < 4.78 is 0. The largest absolute Gasteiger partial charge is 0.341 e. The number of aromatic nitrogens is 2. The molecule has 0 spiro atoms. The summed E-state index contributed by atoms with van der Waals surface area (Å²) in [5.41, 5.74) is 9.02. The summed E-state index contributed by atoms with van der Waals surface area (Å²) in [4.78, 5) is 14.5. The van der Waals surface area contributed by atoms with Gasteiger partial charge in [0.25, 0.3) is 0 Å². The number of hydrogen-bond donors (Lipinski definition) is 0. The van der Waals surface area contributed by atoms with Crippen molar-refractivity contribution in [3.05, 3.63) is 139 Å². The molecular formula is C48H49N4P2+. The van der Waals surface area contributed by atoms with Crippen molar-refractivity contribution in [3.63, 3.8) is 0 Å². The number of rotatable bonds is 9. The Morgan fingerprint density at radius 1 is 0.519 bits per heavy atom. The maximum atomic E-state index is 4.88. The van der Waals surface area contributed by atoms with Gasteiger partial charge in [-0.2, -0.15) is 0 Å². The Bertz CT molecular complexity index is 2690. The Kier molecular flexibility index (Phi) is 9.63. The summed E-state index contributed by atoms with van der Waals surface area (Å²) in [5, 5.41) is 11.6. The van der Waals surface area contributed by atoms with Gasteiger partial charge in [-0.05, 0) is 120 Å². The van der Waals surface area contributed by atoms with E-state index in [1.54, 1.807) is 0 Å². The predicted octanol–water partition coefficient (Wildman–Crippen LogP) is 11.7. The highest BCUT2D eigenvalue weighted by Crippen LogP contribution is 2.61. The highest BCUT2D eigenvalue weighted by molar-refractivity contribution is 7.90. The fraction of sp³-hybridized carbons (Fsp3) is 0.208. The Balaban J connectivity index is 1.40. The number of fused-ring (bicyclic) bond motifs is 4. The minimum Gasteiger partial charge on any atom is -0.341 e. The molecule has 0 bridgehead atoms. The number of benzene rings is 6. The number of pyridine rings is 2. The van der Waals surface area contributed by atoms with Crippen molar-refractivity contribution in [2.75, 3.05) is 30.6 Å². The monoisotopic (exact) mass is 743 g/mol. The zero-order valence-electron chi connectivity index (χ0n) is 32.6. The molecule has 6 aromatic carbocycles. The maximum Gasteiger partial charge on any atom is 0.123 e. The molecule has 0 saturated carbocycles. The van der Waals surface area contributed by atoms with Crippen molar-refractivity contribution in [2.45, 2.75) is 45.9 Å². The van der Waals surface area contributed by atoms with Gasteiger partial charge in [0.2, 0.25) is 0 Å². The van der Waals surface area contributed by atoms with Crippen LogP contribution in [0.3, 0.4) is 0 Å². The summed E-state index contributed by atoms with van der Waals surface area (Å²) >= 11 is 0. The van der Waals surface area contributed by atoms with Crippen LogP contribution >= 0.6 is 15.8 Å². The number of anilines is 4. The van der Waals surface area contributed by atoms with Gasteiger partial charge >= 0.3 is 0 Å². The van der Waals surface area contributed by atoms with Crippen LogP contribution in [0, 0.1) is 6.92 Å². The van der Waals surface area contributed by atoms with E-state index in [2.05, 4.69) is 180 Å². The average Bonchev–Trinajstić information content (AvgIpc) is 3.18. The Morgan fingerprint density at radius 2 is 0.963 bits per heavy atom. The third kappa shape index (κ3) is 6.40. The molecule has 2 atom stereocenters. The molecule has 0 aliphatic carbocycles. The van der Waals surface area contributed by atoms with E-state index in [4.69, 9.17) is 9.97 Å². The van der Waals surface area contributed by atoms with Gasteiger partial charge in [0.1, 0.15) is 10.6 Å². The lowest BCUT2D eigenvalue weighted by Gasteiger charge is -2.35. The molecule has 0 saturated heterocycles. The van der Waals surface area contributed by atoms with Crippen molar-refractivity contribution in [2.24, 2.45) is 0 Å². The van der Waals surface area contributed by atoms with Crippen molar-refractivity contribution >= 4 is 97.9 Å². The molecule has 8 aromatic rings. The van der Waals surface area contributed by atoms with Crippen LogP contribution < -0.4 is 25.7 Å². The van der Waals surface area contributed by atoms with E-state index in [0.717, 1.165) is 22.1 Å². The van der Waals surface area contributed by atoms with Crippen LogP contribution in [0.25, 0.3) is 43.4 Å². The molecule has 0 radical (unpaired) electrons. The number of nitrogens with zero attached hydrogens (tertiary/aromatic N) is 4. The fourth-order valence-electron chi connectivity index (χ4n) is 8.06. The van der Waals surface area contributed by atoms with Gasteiger partial charge in [0.05, 0.1) is 42.0 Å². The second-order valence-electron chi connectivity index (χ2n) is 15.4. The lowest BCUT2D eigenvalue weighted by Crippen LogP contribution is -2.34. The van der Waals surface area contributed by atoms with Crippen molar-refractivity contribution in [1.29, 1.82) is 0 Å². The van der Waals surface area contributed by atoms with Gasteiger partial charge in [0.15, 0.2) is 0 Å². The third-order valence-electron chi connectivity index (χ3n) is 11.3. The van der Waals surface area contributed by atoms with E-state index in [1.165, 1.54) is 65.5 Å². The standard InChI is InChI=1S/C48H49N4P2/c1-31(2)53-46-26-36-17-11-9-15-34(36)24-43(46)52(7)44-25-35-16-10-12-18-37(35)27-47(44)54(8,32(3)4)48-28-39-20-14-22-50-41(39)30-45(48)51(6)42-29-40-38(23-33(42)5)19-13-21-49-40/h9-32,53H,1-8H3/q+1. The second-order valence-corrected chi connectivity index (χ2v) is 21.5. The normalized spacial score (nSPS) is 13.2. The fourth-order valence-corrected chi connectivity index (χ4v) is 12.9. The molecular weight excluding hydrogens is 695 g/mol. The van der Waals surface area contributed by atoms with Gasteiger partial charge in [-0.3, -0.25) is 9.97 Å². The van der Waals surface area contributed by atoms with Crippen LogP contribution in [0.1, 0.15) is 33.3 Å². The number of hydrogen-bond acceptors (Lipinski definition) is 4. The highest BCUT2D eigenvalue weighted by atomic mass is 31.2. The molecule has 8 rings (SSSR count). The van der Waals surface area contributed by atoms with E-state index in [1.807, 2.05) is 18.5 Å². The molecule has 6 heteroatoms. The summed E-state index contributed by atoms with van der Waals surface area (Å²) in [6.07, 6.45) is 3.79. The van der Waals surface area contributed by atoms with Crippen LogP contribution in [0.5, 0.6) is 0 Å². The lowest BCUT2D eigenvalue weighted by atomic mass is 10.1. The Morgan fingerprint density at radius 3 is 1.54 bits per heavy atom. The van der Waals surface area contributed by atoms with Crippen LogP contribution in [0.4, 0.5) is 22.7 Å². The zero-order chi connectivity index (χ0) is 37.7. The SMILES string of the molecule is Cc1cc2cccnc2cc1N(C)c1cc2ncccc2cc1[P+](C)(c1cc2ccccc2cc1N(C)c1cc2ccccc2cc1PC(C)C)C(C)C. The first kappa shape index (κ1) is 36.1. The molecule has 2 aromatic heterocycles. The zero-order valence-corrected chi connectivity index (χ0v) is 34.5. The first-order valence-electron chi connectivity index (χ1n) is 18.9. The average molecular weight is 744 g/mol. The summed E-state index contributed by atoms with van der Waals surface area (Å²) in [6.45, 7) is 14.3. The Labute approximate surface area is 322 Å². The lowest BCUT2D eigenvalue weighted by molar-refractivity contribution is 1.09.